The second kappa shape index (κ2) is 5.47. The smallest absolute Gasteiger partial charge is 0.264 e. The quantitative estimate of drug-likeness (QED) is 0.799. The zero-order chi connectivity index (χ0) is 15.0. The summed E-state index contributed by atoms with van der Waals surface area (Å²) in [5.41, 5.74) is 3.04. The SMILES string of the molecule is CCC(O)c1cc2scc(C)n2c(=O)c1-c1ccccc1. The summed E-state index contributed by atoms with van der Waals surface area (Å²) in [6.07, 6.45) is -0.0416. The van der Waals surface area contributed by atoms with E-state index >= 15 is 0 Å². The van der Waals surface area contributed by atoms with E-state index < -0.39 is 6.10 Å². The minimum absolute atomic E-state index is 0.0556. The van der Waals surface area contributed by atoms with Crippen LogP contribution in [0, 0.1) is 6.92 Å². The molecule has 0 fully saturated rings. The maximum Gasteiger partial charge on any atom is 0.264 e. The lowest BCUT2D eigenvalue weighted by atomic mass is 9.97. The van der Waals surface area contributed by atoms with Gasteiger partial charge in [0, 0.05) is 11.1 Å². The van der Waals surface area contributed by atoms with Crippen molar-refractivity contribution in [3.63, 3.8) is 0 Å². The molecular formula is C17H17NO2S. The molecule has 108 valence electrons. The van der Waals surface area contributed by atoms with Gasteiger partial charge in [-0.1, -0.05) is 37.3 Å². The predicted octanol–water partition coefficient (Wildman–Crippen LogP) is 3.78. The standard InChI is InChI=1S/C17H17NO2S/c1-3-14(19)13-9-15-18(11(2)10-21-15)17(20)16(13)12-7-5-4-6-8-12/h4-10,14,19H,3H2,1-2H3. The van der Waals surface area contributed by atoms with Gasteiger partial charge in [-0.2, -0.15) is 0 Å². The van der Waals surface area contributed by atoms with Gasteiger partial charge in [-0.05, 0) is 30.5 Å². The number of aromatic nitrogens is 1. The highest BCUT2D eigenvalue weighted by atomic mass is 32.1. The maximum atomic E-state index is 12.9. The van der Waals surface area contributed by atoms with Gasteiger partial charge in [-0.3, -0.25) is 9.20 Å². The van der Waals surface area contributed by atoms with Crippen LogP contribution in [0.5, 0.6) is 0 Å². The van der Waals surface area contributed by atoms with E-state index in [1.165, 1.54) is 11.3 Å². The molecule has 21 heavy (non-hydrogen) atoms. The molecule has 0 saturated carbocycles. The van der Waals surface area contributed by atoms with Crippen molar-refractivity contribution in [1.82, 2.24) is 4.40 Å². The third-order valence-electron chi connectivity index (χ3n) is 3.72. The van der Waals surface area contributed by atoms with Gasteiger partial charge in [0.1, 0.15) is 4.83 Å². The Kier molecular flexibility index (Phi) is 3.66. The Morgan fingerprint density at radius 2 is 2.00 bits per heavy atom. The van der Waals surface area contributed by atoms with Crippen LogP contribution in [0.4, 0.5) is 0 Å². The molecule has 3 aromatic rings. The number of benzene rings is 1. The number of pyridine rings is 1. The van der Waals surface area contributed by atoms with Crippen LogP contribution in [-0.2, 0) is 0 Å². The number of hydrogen-bond donors (Lipinski definition) is 1. The normalized spacial score (nSPS) is 12.7. The van der Waals surface area contributed by atoms with Crippen LogP contribution in [0.3, 0.4) is 0 Å². The Labute approximate surface area is 127 Å². The molecule has 3 nitrogen and oxygen atoms in total. The molecule has 0 spiro atoms. The number of aliphatic hydroxyl groups excluding tert-OH is 1. The largest absolute Gasteiger partial charge is 0.388 e. The lowest BCUT2D eigenvalue weighted by Crippen LogP contribution is -2.19. The molecule has 0 saturated heterocycles. The van der Waals surface area contributed by atoms with Crippen molar-refractivity contribution >= 4 is 16.2 Å². The van der Waals surface area contributed by atoms with E-state index in [0.717, 1.165) is 21.7 Å². The van der Waals surface area contributed by atoms with Gasteiger partial charge in [0.15, 0.2) is 0 Å². The van der Waals surface area contributed by atoms with E-state index in [1.54, 1.807) is 4.40 Å². The minimum Gasteiger partial charge on any atom is -0.388 e. The third kappa shape index (κ3) is 2.30. The zero-order valence-corrected chi connectivity index (χ0v) is 12.9. The van der Waals surface area contributed by atoms with Crippen molar-refractivity contribution in [2.75, 3.05) is 0 Å². The van der Waals surface area contributed by atoms with Crippen molar-refractivity contribution in [2.24, 2.45) is 0 Å². The van der Waals surface area contributed by atoms with Gasteiger partial charge >= 0.3 is 0 Å². The molecule has 0 aliphatic heterocycles. The van der Waals surface area contributed by atoms with Crippen LogP contribution in [0.2, 0.25) is 0 Å². The van der Waals surface area contributed by atoms with Crippen LogP contribution in [0.1, 0.15) is 30.7 Å². The number of hydrogen-bond acceptors (Lipinski definition) is 3. The summed E-state index contributed by atoms with van der Waals surface area (Å²) < 4.78 is 1.72. The van der Waals surface area contributed by atoms with Gasteiger partial charge in [0.05, 0.1) is 11.7 Å². The Morgan fingerprint density at radius 3 is 2.67 bits per heavy atom. The fourth-order valence-corrected chi connectivity index (χ4v) is 3.53. The second-order valence-corrected chi connectivity index (χ2v) is 6.01. The minimum atomic E-state index is -0.625. The summed E-state index contributed by atoms with van der Waals surface area (Å²) in [6.45, 7) is 3.84. The molecule has 0 bridgehead atoms. The van der Waals surface area contributed by atoms with Gasteiger partial charge in [-0.15, -0.1) is 11.3 Å². The van der Waals surface area contributed by atoms with Crippen molar-refractivity contribution in [3.05, 3.63) is 63.4 Å². The first kappa shape index (κ1) is 14.0. The van der Waals surface area contributed by atoms with Crippen molar-refractivity contribution in [3.8, 4) is 11.1 Å². The molecule has 3 rings (SSSR count). The van der Waals surface area contributed by atoms with E-state index in [0.29, 0.717) is 12.0 Å². The van der Waals surface area contributed by atoms with Crippen LogP contribution in [-0.4, -0.2) is 9.51 Å². The Balaban J connectivity index is 2.41. The average molecular weight is 299 g/mol. The fraction of sp³-hybridized carbons (Fsp3) is 0.235. The van der Waals surface area contributed by atoms with Crippen molar-refractivity contribution < 1.29 is 5.11 Å². The van der Waals surface area contributed by atoms with E-state index in [9.17, 15) is 9.90 Å². The van der Waals surface area contributed by atoms with Crippen LogP contribution in [0.25, 0.3) is 16.0 Å². The van der Waals surface area contributed by atoms with Crippen molar-refractivity contribution in [1.29, 1.82) is 0 Å². The van der Waals surface area contributed by atoms with E-state index in [-0.39, 0.29) is 5.56 Å². The van der Waals surface area contributed by atoms with E-state index in [4.69, 9.17) is 0 Å². The number of aryl methyl sites for hydroxylation is 1. The summed E-state index contributed by atoms with van der Waals surface area (Å²) in [5.74, 6) is 0. The number of thiazole rings is 1. The fourth-order valence-electron chi connectivity index (χ4n) is 2.60. The third-order valence-corrected chi connectivity index (χ3v) is 4.72. The summed E-state index contributed by atoms with van der Waals surface area (Å²) in [5, 5.41) is 12.3. The topological polar surface area (TPSA) is 41.7 Å². The zero-order valence-electron chi connectivity index (χ0n) is 12.0. The molecular weight excluding hydrogens is 282 g/mol. The van der Waals surface area contributed by atoms with Gasteiger partial charge in [0.25, 0.3) is 5.56 Å². The molecule has 1 unspecified atom stereocenters. The molecule has 2 aromatic heterocycles. The molecule has 0 radical (unpaired) electrons. The van der Waals surface area contributed by atoms with Gasteiger partial charge < -0.3 is 5.11 Å². The highest BCUT2D eigenvalue weighted by Gasteiger charge is 2.19. The van der Waals surface area contributed by atoms with Gasteiger partial charge in [0.2, 0.25) is 0 Å². The number of nitrogens with zero attached hydrogens (tertiary/aromatic N) is 1. The van der Waals surface area contributed by atoms with E-state index in [2.05, 4.69) is 0 Å². The first-order chi connectivity index (χ1) is 10.1. The number of aliphatic hydroxyl groups is 1. The summed E-state index contributed by atoms with van der Waals surface area (Å²) >= 11 is 1.53. The van der Waals surface area contributed by atoms with Crippen LogP contribution < -0.4 is 5.56 Å². The monoisotopic (exact) mass is 299 g/mol. The Hall–Kier alpha value is -1.91. The predicted molar refractivity (Wildman–Crippen MR) is 87.0 cm³/mol. The second-order valence-electron chi connectivity index (χ2n) is 5.12. The highest BCUT2D eigenvalue weighted by molar-refractivity contribution is 7.15. The summed E-state index contributed by atoms with van der Waals surface area (Å²) in [4.78, 5) is 13.8. The molecule has 4 heteroatoms. The summed E-state index contributed by atoms with van der Waals surface area (Å²) in [6, 6.07) is 11.5. The molecule has 2 heterocycles. The first-order valence-electron chi connectivity index (χ1n) is 7.00. The lowest BCUT2D eigenvalue weighted by Gasteiger charge is -2.14. The van der Waals surface area contributed by atoms with E-state index in [1.807, 2.05) is 55.6 Å². The average Bonchev–Trinajstić information content (AvgIpc) is 2.88. The molecule has 0 aliphatic carbocycles. The van der Waals surface area contributed by atoms with Crippen LogP contribution in [0.15, 0.2) is 46.6 Å². The van der Waals surface area contributed by atoms with Crippen LogP contribution >= 0.6 is 11.3 Å². The molecule has 1 atom stereocenters. The van der Waals surface area contributed by atoms with Gasteiger partial charge in [-0.25, -0.2) is 0 Å². The maximum absolute atomic E-state index is 12.9. The Bertz CT molecular complexity index is 833. The number of fused-ring (bicyclic) bond motifs is 1. The highest BCUT2D eigenvalue weighted by Crippen LogP contribution is 2.29. The Morgan fingerprint density at radius 1 is 1.29 bits per heavy atom. The summed E-state index contributed by atoms with van der Waals surface area (Å²) in [7, 11) is 0. The molecule has 0 amide bonds. The molecule has 1 N–H and O–H groups in total. The lowest BCUT2D eigenvalue weighted by molar-refractivity contribution is 0.174. The molecule has 0 aliphatic rings. The number of rotatable bonds is 3. The van der Waals surface area contributed by atoms with Crippen molar-refractivity contribution in [2.45, 2.75) is 26.4 Å². The first-order valence-corrected chi connectivity index (χ1v) is 7.88. The molecule has 1 aromatic carbocycles.